The predicted molar refractivity (Wildman–Crippen MR) is 130 cm³/mol. The molecule has 1 aliphatic heterocycles. The fourth-order valence-electron chi connectivity index (χ4n) is 3.43. The molecule has 3 rings (SSSR count). The van der Waals surface area contributed by atoms with Crippen molar-refractivity contribution in [3.8, 4) is 5.75 Å². The Kier molecular flexibility index (Phi) is 7.40. The zero-order valence-electron chi connectivity index (χ0n) is 19.0. The van der Waals surface area contributed by atoms with Crippen molar-refractivity contribution < 1.29 is 19.4 Å². The van der Waals surface area contributed by atoms with Gasteiger partial charge in [-0.3, -0.25) is 9.69 Å². The van der Waals surface area contributed by atoms with Crippen LogP contribution in [-0.4, -0.2) is 40.2 Å². The largest absolute Gasteiger partial charge is 0.494 e. The lowest BCUT2D eigenvalue weighted by Gasteiger charge is -2.16. The Morgan fingerprint density at radius 1 is 1.25 bits per heavy atom. The molecule has 0 atom stereocenters. The molecule has 1 heterocycles. The number of benzene rings is 2. The van der Waals surface area contributed by atoms with Crippen LogP contribution in [0.1, 0.15) is 60.7 Å². The first-order valence-electron chi connectivity index (χ1n) is 10.7. The highest BCUT2D eigenvalue weighted by Crippen LogP contribution is 2.36. The van der Waals surface area contributed by atoms with Crippen molar-refractivity contribution in [1.29, 1.82) is 0 Å². The zero-order valence-corrected chi connectivity index (χ0v) is 19.8. The SMILES string of the molecule is CCOc1cc(C)c(/C=C2\SC(=Nc3cccc(C(=O)O)c3)N(CC)C2=O)cc1C(C)C. The Morgan fingerprint density at radius 2 is 2.00 bits per heavy atom. The molecule has 2 aromatic rings. The second-order valence-electron chi connectivity index (χ2n) is 7.74. The molecule has 1 saturated heterocycles. The van der Waals surface area contributed by atoms with Crippen LogP contribution in [-0.2, 0) is 4.79 Å². The smallest absolute Gasteiger partial charge is 0.335 e. The van der Waals surface area contributed by atoms with E-state index >= 15 is 0 Å². The summed E-state index contributed by atoms with van der Waals surface area (Å²) in [7, 11) is 0. The number of rotatable bonds is 7. The van der Waals surface area contributed by atoms with Crippen LogP contribution >= 0.6 is 11.8 Å². The molecule has 0 saturated carbocycles. The van der Waals surface area contributed by atoms with Gasteiger partial charge in [0.25, 0.3) is 5.91 Å². The van der Waals surface area contributed by atoms with Gasteiger partial charge in [0.15, 0.2) is 5.17 Å². The van der Waals surface area contributed by atoms with Gasteiger partial charge < -0.3 is 9.84 Å². The summed E-state index contributed by atoms with van der Waals surface area (Å²) in [6.07, 6.45) is 1.91. The quantitative estimate of drug-likeness (QED) is 0.534. The number of carboxylic acid groups (broad SMARTS) is 1. The summed E-state index contributed by atoms with van der Waals surface area (Å²) in [5.41, 5.74) is 3.76. The number of nitrogens with zero attached hydrogens (tertiary/aromatic N) is 2. The van der Waals surface area contributed by atoms with E-state index in [9.17, 15) is 14.7 Å². The number of thioether (sulfide) groups is 1. The van der Waals surface area contributed by atoms with Gasteiger partial charge in [-0.15, -0.1) is 0 Å². The minimum absolute atomic E-state index is 0.106. The number of amidine groups is 1. The van der Waals surface area contributed by atoms with Gasteiger partial charge in [0, 0.05) is 6.54 Å². The van der Waals surface area contributed by atoms with Crippen LogP contribution in [0.15, 0.2) is 46.3 Å². The lowest BCUT2D eigenvalue weighted by molar-refractivity contribution is -0.122. The molecule has 0 spiro atoms. The summed E-state index contributed by atoms with van der Waals surface area (Å²) >= 11 is 1.30. The van der Waals surface area contributed by atoms with E-state index in [0.29, 0.717) is 28.9 Å². The van der Waals surface area contributed by atoms with Crippen molar-refractivity contribution >= 4 is 40.6 Å². The predicted octanol–water partition coefficient (Wildman–Crippen LogP) is 5.84. The van der Waals surface area contributed by atoms with E-state index < -0.39 is 5.97 Å². The summed E-state index contributed by atoms with van der Waals surface area (Å²) in [5, 5.41) is 9.76. The van der Waals surface area contributed by atoms with E-state index in [0.717, 1.165) is 22.4 Å². The number of likely N-dealkylation sites (N-methyl/N-ethyl adjacent to an activating group) is 1. The number of carbonyl (C=O) groups is 2. The van der Waals surface area contributed by atoms with Crippen molar-refractivity contribution in [2.45, 2.75) is 40.5 Å². The molecule has 0 radical (unpaired) electrons. The molecule has 6 nitrogen and oxygen atoms in total. The van der Waals surface area contributed by atoms with Crippen LogP contribution in [0.4, 0.5) is 5.69 Å². The lowest BCUT2D eigenvalue weighted by atomic mass is 9.96. The number of aliphatic imine (C=N–C) groups is 1. The molecule has 32 heavy (non-hydrogen) atoms. The zero-order chi connectivity index (χ0) is 23.4. The molecule has 0 aromatic heterocycles. The molecule has 1 N–H and O–H groups in total. The maximum absolute atomic E-state index is 13.1. The molecule has 2 aromatic carbocycles. The normalized spacial score (nSPS) is 16.4. The van der Waals surface area contributed by atoms with E-state index in [1.807, 2.05) is 32.9 Å². The Hall–Kier alpha value is -3.06. The Balaban J connectivity index is 1.99. The molecular formula is C25H28N2O4S. The summed E-state index contributed by atoms with van der Waals surface area (Å²) < 4.78 is 5.81. The second-order valence-corrected chi connectivity index (χ2v) is 8.75. The third-order valence-electron chi connectivity index (χ3n) is 5.13. The van der Waals surface area contributed by atoms with Gasteiger partial charge in [0.05, 0.1) is 22.8 Å². The number of aromatic carboxylic acids is 1. The summed E-state index contributed by atoms with van der Waals surface area (Å²) in [6, 6.07) is 10.5. The van der Waals surface area contributed by atoms with Crippen LogP contribution < -0.4 is 4.74 Å². The number of aryl methyl sites for hydroxylation is 1. The van der Waals surface area contributed by atoms with Crippen molar-refractivity contribution in [1.82, 2.24) is 4.90 Å². The van der Waals surface area contributed by atoms with Crippen molar-refractivity contribution in [2.75, 3.05) is 13.2 Å². The molecule has 1 aliphatic rings. The number of hydrogen-bond acceptors (Lipinski definition) is 5. The van der Waals surface area contributed by atoms with E-state index in [-0.39, 0.29) is 17.4 Å². The number of ether oxygens (including phenoxy) is 1. The molecule has 1 fully saturated rings. The van der Waals surface area contributed by atoms with E-state index in [4.69, 9.17) is 4.74 Å². The highest BCUT2D eigenvalue weighted by molar-refractivity contribution is 8.18. The summed E-state index contributed by atoms with van der Waals surface area (Å²) in [5.74, 6) is 0.0439. The van der Waals surface area contributed by atoms with Crippen molar-refractivity contribution in [2.24, 2.45) is 4.99 Å². The summed E-state index contributed by atoms with van der Waals surface area (Å²) in [4.78, 5) is 31.1. The monoisotopic (exact) mass is 452 g/mol. The highest BCUT2D eigenvalue weighted by atomic mass is 32.2. The molecule has 0 bridgehead atoms. The van der Waals surface area contributed by atoms with Crippen LogP contribution in [0.3, 0.4) is 0 Å². The molecular weight excluding hydrogens is 424 g/mol. The fraction of sp³-hybridized carbons (Fsp3) is 0.320. The number of hydrogen-bond donors (Lipinski definition) is 1. The van der Waals surface area contributed by atoms with Gasteiger partial charge in [-0.2, -0.15) is 0 Å². The average molecular weight is 453 g/mol. The molecule has 1 amide bonds. The molecule has 7 heteroatoms. The topological polar surface area (TPSA) is 79.2 Å². The van der Waals surface area contributed by atoms with Crippen molar-refractivity contribution in [3.05, 3.63) is 63.6 Å². The molecule has 0 aliphatic carbocycles. The first kappa shape index (κ1) is 23.6. The van der Waals surface area contributed by atoms with E-state index in [1.165, 1.54) is 23.9 Å². The van der Waals surface area contributed by atoms with Gasteiger partial charge in [0.2, 0.25) is 0 Å². The van der Waals surface area contributed by atoms with Crippen LogP contribution in [0.5, 0.6) is 5.75 Å². The van der Waals surface area contributed by atoms with Crippen LogP contribution in [0, 0.1) is 6.92 Å². The number of amides is 1. The van der Waals surface area contributed by atoms with Crippen LogP contribution in [0.25, 0.3) is 6.08 Å². The molecule has 0 unspecified atom stereocenters. The number of carbonyl (C=O) groups excluding carboxylic acids is 1. The Bertz CT molecular complexity index is 1110. The van der Waals surface area contributed by atoms with Crippen molar-refractivity contribution in [3.63, 3.8) is 0 Å². The average Bonchev–Trinajstić information content (AvgIpc) is 3.03. The third kappa shape index (κ3) is 5.05. The lowest BCUT2D eigenvalue weighted by Crippen LogP contribution is -2.28. The fourth-order valence-corrected chi connectivity index (χ4v) is 4.49. The van der Waals surface area contributed by atoms with Crippen LogP contribution in [0.2, 0.25) is 0 Å². The molecule has 168 valence electrons. The second kappa shape index (κ2) is 10.0. The highest BCUT2D eigenvalue weighted by Gasteiger charge is 2.32. The minimum Gasteiger partial charge on any atom is -0.494 e. The first-order valence-corrected chi connectivity index (χ1v) is 11.5. The Labute approximate surface area is 193 Å². The van der Waals surface area contributed by atoms with Gasteiger partial charge in [-0.05, 0) is 91.5 Å². The number of carboxylic acids is 1. The van der Waals surface area contributed by atoms with Gasteiger partial charge in [-0.1, -0.05) is 19.9 Å². The summed E-state index contributed by atoms with van der Waals surface area (Å²) in [6.45, 7) is 11.2. The Morgan fingerprint density at radius 3 is 2.62 bits per heavy atom. The van der Waals surface area contributed by atoms with Gasteiger partial charge in [-0.25, -0.2) is 9.79 Å². The minimum atomic E-state index is -1.01. The standard InChI is InChI=1S/C25H28N2O4S/c1-6-27-23(28)22(32-25(27)26-19-10-8-9-17(12-19)24(29)30)14-18-13-20(15(3)4)21(31-7-2)11-16(18)5/h8-15H,6-7H2,1-5H3,(H,29,30)/b22-14-,26-25?. The van der Waals surface area contributed by atoms with E-state index in [1.54, 1.807) is 17.0 Å². The van der Waals surface area contributed by atoms with Gasteiger partial charge >= 0.3 is 5.97 Å². The first-order chi connectivity index (χ1) is 15.2. The maximum atomic E-state index is 13.1. The van der Waals surface area contributed by atoms with Gasteiger partial charge in [0.1, 0.15) is 5.75 Å². The van der Waals surface area contributed by atoms with E-state index in [2.05, 4.69) is 24.9 Å². The maximum Gasteiger partial charge on any atom is 0.335 e. The third-order valence-corrected chi connectivity index (χ3v) is 6.14.